The third-order valence-corrected chi connectivity index (χ3v) is 4.33. The van der Waals surface area contributed by atoms with Crippen LogP contribution < -0.4 is 0 Å². The topological polar surface area (TPSA) is 66.8 Å². The Morgan fingerprint density at radius 1 is 1.12 bits per heavy atom. The molecular formula is C20H25NO4. The second-order valence-electron chi connectivity index (χ2n) is 6.34. The Bertz CT molecular complexity index is 741. The van der Waals surface area contributed by atoms with E-state index in [0.29, 0.717) is 18.4 Å². The van der Waals surface area contributed by atoms with Gasteiger partial charge in [0.25, 0.3) is 0 Å². The number of hydrogen-bond donors (Lipinski definition) is 1. The highest BCUT2D eigenvalue weighted by molar-refractivity contribution is 6.03. The van der Waals surface area contributed by atoms with Gasteiger partial charge in [0.1, 0.15) is 0 Å². The molecule has 1 aromatic rings. The zero-order valence-electron chi connectivity index (χ0n) is 15.4. The monoisotopic (exact) mass is 343 g/mol. The van der Waals surface area contributed by atoms with Crippen molar-refractivity contribution in [1.29, 1.82) is 0 Å². The summed E-state index contributed by atoms with van der Waals surface area (Å²) in [6.45, 7) is 9.62. The predicted molar refractivity (Wildman–Crippen MR) is 96.1 cm³/mol. The number of nitrogens with zero attached hydrogens (tertiary/aromatic N) is 1. The third kappa shape index (κ3) is 3.92. The van der Waals surface area contributed by atoms with Gasteiger partial charge in [0, 0.05) is 0 Å². The summed E-state index contributed by atoms with van der Waals surface area (Å²) in [5.74, 6) is -1.50. The Hall–Kier alpha value is -2.56. The maximum absolute atomic E-state index is 12.8. The van der Waals surface area contributed by atoms with E-state index in [-0.39, 0.29) is 17.0 Å². The van der Waals surface area contributed by atoms with Gasteiger partial charge in [0.05, 0.1) is 22.5 Å². The number of aryl methyl sites for hydroxylation is 2. The van der Waals surface area contributed by atoms with Crippen LogP contribution in [0.15, 0.2) is 35.7 Å². The number of hydroxylamine groups is 2. The number of hydrogen-bond acceptors (Lipinski definition) is 4. The fraction of sp³-hybridized carbons (Fsp3) is 0.400. The average molecular weight is 343 g/mol. The lowest BCUT2D eigenvalue weighted by Gasteiger charge is -2.29. The Morgan fingerprint density at radius 3 is 2.20 bits per heavy atom. The summed E-state index contributed by atoms with van der Waals surface area (Å²) >= 11 is 0. The quantitative estimate of drug-likeness (QED) is 0.861. The van der Waals surface area contributed by atoms with Crippen molar-refractivity contribution in [3.63, 3.8) is 0 Å². The van der Waals surface area contributed by atoms with E-state index in [4.69, 9.17) is 4.84 Å². The van der Waals surface area contributed by atoms with Crippen LogP contribution in [-0.4, -0.2) is 22.1 Å². The molecule has 0 atom stereocenters. The number of carboxylic acid groups (broad SMARTS) is 1. The summed E-state index contributed by atoms with van der Waals surface area (Å²) < 4.78 is 0. The van der Waals surface area contributed by atoms with Crippen molar-refractivity contribution in [1.82, 2.24) is 5.06 Å². The van der Waals surface area contributed by atoms with Gasteiger partial charge in [-0.3, -0.25) is 0 Å². The molecule has 0 aliphatic carbocycles. The first-order valence-electron chi connectivity index (χ1n) is 8.56. The fourth-order valence-electron chi connectivity index (χ4n) is 3.16. The molecule has 0 saturated heterocycles. The van der Waals surface area contributed by atoms with Crippen LogP contribution in [0.25, 0.3) is 0 Å². The highest BCUT2D eigenvalue weighted by atomic mass is 16.7. The van der Waals surface area contributed by atoms with Crippen LogP contribution in [-0.2, 0) is 17.7 Å². The molecule has 0 bridgehead atoms. The normalized spacial score (nSPS) is 14.8. The molecule has 1 aromatic carbocycles. The van der Waals surface area contributed by atoms with Gasteiger partial charge in [0.15, 0.2) is 0 Å². The van der Waals surface area contributed by atoms with E-state index in [2.05, 4.69) is 0 Å². The maximum Gasteiger partial charge on any atom is 0.364 e. The molecule has 0 spiro atoms. The van der Waals surface area contributed by atoms with Gasteiger partial charge in [-0.25, -0.2) is 9.59 Å². The number of carbonyl (C=O) groups excluding carboxylic acids is 1. The molecule has 1 aliphatic rings. The molecule has 0 radical (unpaired) electrons. The molecule has 5 heteroatoms. The average Bonchev–Trinajstić information content (AvgIpc) is 2.56. The highest BCUT2D eigenvalue weighted by Crippen LogP contribution is 2.26. The maximum atomic E-state index is 12.8. The van der Waals surface area contributed by atoms with Crippen molar-refractivity contribution in [3.05, 3.63) is 57.9 Å². The lowest BCUT2D eigenvalue weighted by Crippen LogP contribution is -2.28. The van der Waals surface area contributed by atoms with E-state index >= 15 is 0 Å². The van der Waals surface area contributed by atoms with E-state index in [0.717, 1.165) is 17.0 Å². The molecule has 1 aliphatic heterocycles. The van der Waals surface area contributed by atoms with Crippen molar-refractivity contribution in [2.45, 2.75) is 47.5 Å². The molecular weight excluding hydrogens is 318 g/mol. The minimum atomic E-state index is -1.12. The zero-order chi connectivity index (χ0) is 18.7. The molecule has 0 amide bonds. The Morgan fingerprint density at radius 2 is 1.72 bits per heavy atom. The highest BCUT2D eigenvalue weighted by Gasteiger charge is 2.26. The lowest BCUT2D eigenvalue weighted by molar-refractivity contribution is -0.0608. The molecule has 25 heavy (non-hydrogen) atoms. The van der Waals surface area contributed by atoms with Crippen molar-refractivity contribution in [2.75, 3.05) is 0 Å². The minimum absolute atomic E-state index is 0.00478. The fourth-order valence-corrected chi connectivity index (χ4v) is 3.16. The number of allylic oxidation sites excluding steroid dienone is 4. The number of carbonyl (C=O) groups is 2. The smallest absolute Gasteiger partial charge is 0.364 e. The van der Waals surface area contributed by atoms with Crippen molar-refractivity contribution >= 4 is 11.9 Å². The summed E-state index contributed by atoms with van der Waals surface area (Å²) in [6, 6.07) is 3.44. The third-order valence-electron chi connectivity index (χ3n) is 4.33. The minimum Gasteiger partial charge on any atom is -0.478 e. The molecule has 0 fully saturated rings. The van der Waals surface area contributed by atoms with E-state index in [1.54, 1.807) is 6.07 Å². The summed E-state index contributed by atoms with van der Waals surface area (Å²) in [4.78, 5) is 30.0. The first kappa shape index (κ1) is 18.8. The Kier molecular flexibility index (Phi) is 5.67. The summed E-state index contributed by atoms with van der Waals surface area (Å²) in [7, 11) is 0. The van der Waals surface area contributed by atoms with Crippen LogP contribution in [0.2, 0.25) is 0 Å². The summed E-state index contributed by atoms with van der Waals surface area (Å²) in [6.07, 6.45) is 5.23. The first-order chi connectivity index (χ1) is 11.8. The van der Waals surface area contributed by atoms with Crippen molar-refractivity contribution in [3.8, 4) is 0 Å². The van der Waals surface area contributed by atoms with Gasteiger partial charge in [-0.15, -0.1) is 0 Å². The Labute approximate surface area is 148 Å². The molecule has 5 nitrogen and oxygen atoms in total. The largest absolute Gasteiger partial charge is 0.478 e. The number of aromatic carboxylic acids is 1. The number of carboxylic acids is 1. The number of rotatable bonds is 5. The molecule has 0 aromatic heterocycles. The van der Waals surface area contributed by atoms with Crippen molar-refractivity contribution < 1.29 is 19.5 Å². The first-order valence-corrected chi connectivity index (χ1v) is 8.56. The van der Waals surface area contributed by atoms with Crippen LogP contribution in [0.5, 0.6) is 0 Å². The van der Waals surface area contributed by atoms with Crippen LogP contribution >= 0.6 is 0 Å². The van der Waals surface area contributed by atoms with Gasteiger partial charge in [-0.1, -0.05) is 39.0 Å². The molecule has 0 saturated carbocycles. The van der Waals surface area contributed by atoms with Gasteiger partial charge >= 0.3 is 11.9 Å². The summed E-state index contributed by atoms with van der Waals surface area (Å²) in [5.41, 5.74) is 3.32. The van der Waals surface area contributed by atoms with Crippen LogP contribution in [0.4, 0.5) is 0 Å². The SMILES string of the molecule is CCc1cc(CC)c(C(=O)ON2C(C)=CC(C)C=C2C)c(C(=O)O)c1. The van der Waals surface area contributed by atoms with E-state index in [1.165, 1.54) is 5.06 Å². The molecule has 1 N–H and O–H groups in total. The van der Waals surface area contributed by atoms with Gasteiger partial charge in [-0.05, 0) is 49.8 Å². The molecule has 2 rings (SSSR count). The van der Waals surface area contributed by atoms with Gasteiger partial charge in [-0.2, -0.15) is 5.06 Å². The predicted octanol–water partition coefficient (Wildman–Crippen LogP) is 4.34. The second-order valence-corrected chi connectivity index (χ2v) is 6.34. The molecule has 1 heterocycles. The van der Waals surface area contributed by atoms with E-state index in [9.17, 15) is 14.7 Å². The van der Waals surface area contributed by atoms with E-state index in [1.807, 2.05) is 52.8 Å². The summed E-state index contributed by atoms with van der Waals surface area (Å²) in [5, 5.41) is 11.0. The van der Waals surface area contributed by atoms with E-state index < -0.39 is 11.9 Å². The molecule has 134 valence electrons. The van der Waals surface area contributed by atoms with Crippen LogP contribution in [0.3, 0.4) is 0 Å². The van der Waals surface area contributed by atoms with Crippen LogP contribution in [0, 0.1) is 5.92 Å². The second kappa shape index (κ2) is 7.55. The zero-order valence-corrected chi connectivity index (χ0v) is 15.4. The lowest BCUT2D eigenvalue weighted by atomic mass is 9.95. The Balaban J connectivity index is 2.44. The molecule has 0 unspecified atom stereocenters. The van der Waals surface area contributed by atoms with Crippen LogP contribution in [0.1, 0.15) is 66.5 Å². The number of benzene rings is 1. The standard InChI is InChI=1S/C20H25NO4/c1-6-15-10-16(7-2)18(17(11-15)19(22)23)20(24)25-21-13(4)8-12(3)9-14(21)5/h8-12H,6-7H2,1-5H3,(H,22,23). The van der Waals surface area contributed by atoms with Gasteiger partial charge in [0.2, 0.25) is 0 Å². The van der Waals surface area contributed by atoms with Gasteiger partial charge < -0.3 is 9.94 Å². The van der Waals surface area contributed by atoms with Crippen molar-refractivity contribution in [2.24, 2.45) is 5.92 Å².